The molecule has 2 rings (SSSR count). The molecule has 0 radical (unpaired) electrons. The van der Waals surface area contributed by atoms with Crippen LogP contribution in [0.15, 0.2) is 48.0 Å². The molecule has 0 N–H and O–H groups in total. The number of benzene rings is 2. The van der Waals surface area contributed by atoms with Crippen LogP contribution in [-0.4, -0.2) is 19.5 Å². The van der Waals surface area contributed by atoms with Crippen molar-refractivity contribution in [3.8, 4) is 17.6 Å². The van der Waals surface area contributed by atoms with Gasteiger partial charge in [0.05, 0.1) is 7.11 Å². The lowest BCUT2D eigenvalue weighted by atomic mass is 10.0. The minimum atomic E-state index is -3.01. The number of carbonyl (C=O) groups is 1. The topological polar surface area (TPSA) is 59.3 Å². The van der Waals surface area contributed by atoms with E-state index in [1.165, 1.54) is 43.5 Å². The molecule has 0 saturated carbocycles. The second kappa shape index (κ2) is 8.02. The van der Waals surface area contributed by atoms with Gasteiger partial charge in [0.15, 0.2) is 11.5 Å². The molecule has 0 bridgehead atoms. The molecule has 2 aromatic rings. The number of ether oxygens (including phenoxy) is 2. The molecule has 0 atom stereocenters. The first-order chi connectivity index (χ1) is 11.9. The Morgan fingerprint density at radius 3 is 2.40 bits per heavy atom. The average molecular weight is 347 g/mol. The third kappa shape index (κ3) is 4.61. The molecule has 0 fully saturated rings. The molecule has 0 saturated heterocycles. The Morgan fingerprint density at radius 1 is 1.16 bits per heavy atom. The van der Waals surface area contributed by atoms with E-state index in [0.717, 1.165) is 12.1 Å². The van der Waals surface area contributed by atoms with Crippen LogP contribution in [0.5, 0.6) is 11.5 Å². The van der Waals surface area contributed by atoms with Crippen LogP contribution < -0.4 is 9.47 Å². The quantitative estimate of drug-likeness (QED) is 0.446. The molecule has 0 amide bonds. The molecular weight excluding hydrogens is 335 g/mol. The summed E-state index contributed by atoms with van der Waals surface area (Å²) in [6.07, 6.45) is 1.28. The summed E-state index contributed by atoms with van der Waals surface area (Å²) < 4.78 is 46.8. The Kier molecular flexibility index (Phi) is 5.79. The molecule has 0 aliphatic rings. The third-order valence-electron chi connectivity index (χ3n) is 3.19. The summed E-state index contributed by atoms with van der Waals surface area (Å²) in [6, 6.07) is 10.5. The highest BCUT2D eigenvalue weighted by Gasteiger charge is 2.14. The summed E-state index contributed by atoms with van der Waals surface area (Å²) in [7, 11) is 1.27. The predicted molar refractivity (Wildman–Crippen MR) is 83.9 cm³/mol. The van der Waals surface area contributed by atoms with Gasteiger partial charge < -0.3 is 9.47 Å². The summed E-state index contributed by atoms with van der Waals surface area (Å²) in [5, 5.41) is 9.21. The number of hydrogen-bond acceptors (Lipinski definition) is 4. The molecule has 0 aromatic heterocycles. The molecule has 25 heavy (non-hydrogen) atoms. The summed E-state index contributed by atoms with van der Waals surface area (Å²) in [5.74, 6) is -1.23. The fourth-order valence-electron chi connectivity index (χ4n) is 2.04. The number of Topliss-reactive ketones (excluding diaryl/α,β-unsaturated/α-hetero) is 1. The van der Waals surface area contributed by atoms with Gasteiger partial charge >= 0.3 is 6.61 Å². The van der Waals surface area contributed by atoms with Crippen LogP contribution in [-0.2, 0) is 0 Å². The van der Waals surface area contributed by atoms with Crippen LogP contribution in [0, 0.1) is 17.1 Å². The molecular formula is C18H12F3NO3. The maximum Gasteiger partial charge on any atom is 0.387 e. The van der Waals surface area contributed by atoms with Crippen molar-refractivity contribution in [3.05, 3.63) is 65.0 Å². The predicted octanol–water partition coefficient (Wildman–Crippen LogP) is 4.23. The maximum absolute atomic E-state index is 12.9. The lowest BCUT2D eigenvalue weighted by Gasteiger charge is -2.10. The van der Waals surface area contributed by atoms with Crippen molar-refractivity contribution in [1.82, 2.24) is 0 Å². The molecule has 128 valence electrons. The summed E-state index contributed by atoms with van der Waals surface area (Å²) in [4.78, 5) is 12.3. The highest BCUT2D eigenvalue weighted by molar-refractivity contribution is 6.14. The molecule has 0 unspecified atom stereocenters. The molecule has 0 spiro atoms. The number of alkyl halides is 2. The van der Waals surface area contributed by atoms with Gasteiger partial charge in [0.1, 0.15) is 17.5 Å². The van der Waals surface area contributed by atoms with Gasteiger partial charge in [-0.05, 0) is 48.0 Å². The zero-order valence-corrected chi connectivity index (χ0v) is 13.0. The highest BCUT2D eigenvalue weighted by Crippen LogP contribution is 2.30. The molecule has 7 heteroatoms. The molecule has 0 aliphatic heterocycles. The molecule has 0 aliphatic carbocycles. The average Bonchev–Trinajstić information content (AvgIpc) is 2.60. The van der Waals surface area contributed by atoms with Crippen molar-refractivity contribution in [3.63, 3.8) is 0 Å². The van der Waals surface area contributed by atoms with Gasteiger partial charge in [0.25, 0.3) is 0 Å². The van der Waals surface area contributed by atoms with E-state index in [9.17, 15) is 23.2 Å². The summed E-state index contributed by atoms with van der Waals surface area (Å²) in [6.45, 7) is -3.01. The number of allylic oxidation sites excluding steroid dienone is 1. The van der Waals surface area contributed by atoms with Crippen LogP contribution in [0.25, 0.3) is 6.08 Å². The van der Waals surface area contributed by atoms with E-state index < -0.39 is 18.2 Å². The number of rotatable bonds is 6. The number of halogens is 3. The van der Waals surface area contributed by atoms with E-state index in [0.29, 0.717) is 5.56 Å². The smallest absolute Gasteiger partial charge is 0.387 e. The largest absolute Gasteiger partial charge is 0.493 e. The van der Waals surface area contributed by atoms with E-state index in [2.05, 4.69) is 4.74 Å². The number of nitriles is 1. The van der Waals surface area contributed by atoms with Gasteiger partial charge in [-0.1, -0.05) is 6.07 Å². The van der Waals surface area contributed by atoms with Crippen molar-refractivity contribution in [2.24, 2.45) is 0 Å². The van der Waals surface area contributed by atoms with Crippen molar-refractivity contribution < 1.29 is 27.4 Å². The lowest BCUT2D eigenvalue weighted by Crippen LogP contribution is -2.04. The number of hydrogen-bond donors (Lipinski definition) is 0. The van der Waals surface area contributed by atoms with Gasteiger partial charge in [-0.15, -0.1) is 0 Å². The normalized spacial score (nSPS) is 11.1. The fraction of sp³-hybridized carbons (Fsp3) is 0.111. The van der Waals surface area contributed by atoms with E-state index in [1.54, 1.807) is 6.07 Å². The van der Waals surface area contributed by atoms with Gasteiger partial charge in [0.2, 0.25) is 5.78 Å². The standard InChI is InChI=1S/C18H12F3NO3/c1-24-16-9-11(2-7-15(16)25-18(20)21)8-13(10-22)17(23)12-3-5-14(19)6-4-12/h2-9,18H,1H3/b13-8+. The summed E-state index contributed by atoms with van der Waals surface area (Å²) in [5.41, 5.74) is 0.334. The molecule has 0 heterocycles. The highest BCUT2D eigenvalue weighted by atomic mass is 19.3. The van der Waals surface area contributed by atoms with E-state index in [-0.39, 0.29) is 22.6 Å². The van der Waals surface area contributed by atoms with Gasteiger partial charge in [-0.2, -0.15) is 14.0 Å². The van der Waals surface area contributed by atoms with Crippen LogP contribution in [0.2, 0.25) is 0 Å². The second-order valence-corrected chi connectivity index (χ2v) is 4.79. The number of ketones is 1. The SMILES string of the molecule is COc1cc(/C=C(\C#N)C(=O)c2ccc(F)cc2)ccc1OC(F)F. The second-order valence-electron chi connectivity index (χ2n) is 4.79. The summed E-state index contributed by atoms with van der Waals surface area (Å²) >= 11 is 0. The minimum Gasteiger partial charge on any atom is -0.493 e. The third-order valence-corrected chi connectivity index (χ3v) is 3.19. The monoisotopic (exact) mass is 347 g/mol. The Balaban J connectivity index is 2.34. The van der Waals surface area contributed by atoms with Gasteiger partial charge in [-0.3, -0.25) is 4.79 Å². The Morgan fingerprint density at radius 2 is 1.84 bits per heavy atom. The Hall–Kier alpha value is -3.27. The van der Waals surface area contributed by atoms with Crippen molar-refractivity contribution in [2.75, 3.05) is 7.11 Å². The van der Waals surface area contributed by atoms with E-state index in [4.69, 9.17) is 4.74 Å². The van der Waals surface area contributed by atoms with Crippen LogP contribution in [0.4, 0.5) is 13.2 Å². The van der Waals surface area contributed by atoms with Crippen molar-refractivity contribution in [2.45, 2.75) is 6.61 Å². The van der Waals surface area contributed by atoms with Gasteiger partial charge in [-0.25, -0.2) is 4.39 Å². The number of carbonyl (C=O) groups excluding carboxylic acids is 1. The Bertz CT molecular complexity index is 840. The van der Waals surface area contributed by atoms with Crippen molar-refractivity contribution >= 4 is 11.9 Å². The van der Waals surface area contributed by atoms with Crippen LogP contribution in [0.1, 0.15) is 15.9 Å². The van der Waals surface area contributed by atoms with Crippen LogP contribution in [0.3, 0.4) is 0 Å². The number of nitrogens with zero attached hydrogens (tertiary/aromatic N) is 1. The minimum absolute atomic E-state index is 0.0283. The Labute approximate surface area is 141 Å². The molecule has 4 nitrogen and oxygen atoms in total. The van der Waals surface area contributed by atoms with E-state index in [1.807, 2.05) is 0 Å². The first-order valence-electron chi connectivity index (χ1n) is 6.99. The van der Waals surface area contributed by atoms with E-state index >= 15 is 0 Å². The first kappa shape index (κ1) is 18.1. The molecule has 2 aromatic carbocycles. The zero-order chi connectivity index (χ0) is 18.4. The zero-order valence-electron chi connectivity index (χ0n) is 13.0. The number of methoxy groups -OCH3 is 1. The lowest BCUT2D eigenvalue weighted by molar-refractivity contribution is -0.0512. The first-order valence-corrected chi connectivity index (χ1v) is 6.99. The maximum atomic E-state index is 12.9. The van der Waals surface area contributed by atoms with Crippen molar-refractivity contribution in [1.29, 1.82) is 5.26 Å². The van der Waals surface area contributed by atoms with Gasteiger partial charge in [0, 0.05) is 5.56 Å². The van der Waals surface area contributed by atoms with Crippen LogP contribution >= 0.6 is 0 Å². The fourth-order valence-corrected chi connectivity index (χ4v) is 2.04.